The molecule has 2 aromatic heterocycles. The third-order valence-corrected chi connectivity index (χ3v) is 7.36. The van der Waals surface area contributed by atoms with E-state index >= 15 is 0 Å². The van der Waals surface area contributed by atoms with E-state index in [2.05, 4.69) is 4.37 Å². The summed E-state index contributed by atoms with van der Waals surface area (Å²) in [6.07, 6.45) is -5.54. The van der Waals surface area contributed by atoms with Crippen LogP contribution >= 0.6 is 11.5 Å². The fourth-order valence-electron chi connectivity index (χ4n) is 3.61. The van der Waals surface area contributed by atoms with Crippen LogP contribution in [0.4, 0.5) is 17.6 Å². The van der Waals surface area contributed by atoms with E-state index in [1.54, 1.807) is 30.3 Å². The first-order valence-corrected chi connectivity index (χ1v) is 12.7. The van der Waals surface area contributed by atoms with Crippen molar-refractivity contribution in [2.45, 2.75) is 18.3 Å². The standard InChI is InChI=1S/C22H16F4N4O5S2/c1-29-18(22(24,25)26)10-20(32)30(21(29)33)16-7-13-15(27-36-17(13)8-14(16)23)9-19(31)28-37(34,35)11-12-5-3-2-4-6-12/h2-8,10H,9,11H2,1H3,(H,28,31). The van der Waals surface area contributed by atoms with Crippen LogP contribution in [0.3, 0.4) is 0 Å². The summed E-state index contributed by atoms with van der Waals surface area (Å²) in [5, 5.41) is 0.117. The van der Waals surface area contributed by atoms with Gasteiger partial charge in [-0.05, 0) is 29.2 Å². The molecule has 194 valence electrons. The van der Waals surface area contributed by atoms with Crippen LogP contribution in [0.1, 0.15) is 17.0 Å². The van der Waals surface area contributed by atoms with Gasteiger partial charge in [-0.3, -0.25) is 18.9 Å². The normalized spacial score (nSPS) is 12.1. The van der Waals surface area contributed by atoms with Gasteiger partial charge in [0.2, 0.25) is 15.9 Å². The van der Waals surface area contributed by atoms with Gasteiger partial charge in [0.25, 0.3) is 5.56 Å². The Morgan fingerprint density at radius 2 is 1.78 bits per heavy atom. The minimum absolute atomic E-state index is 0.0189. The molecule has 0 aliphatic rings. The number of carbonyl (C=O) groups excluding carboxylic acids is 1. The lowest BCUT2D eigenvalue weighted by Gasteiger charge is -2.14. The number of fused-ring (bicyclic) bond motifs is 1. The van der Waals surface area contributed by atoms with Crippen LogP contribution in [0.15, 0.2) is 58.1 Å². The second kappa shape index (κ2) is 9.55. The molecule has 4 aromatic rings. The summed E-state index contributed by atoms with van der Waals surface area (Å²) in [6.45, 7) is 0. The number of nitrogens with zero attached hydrogens (tertiary/aromatic N) is 3. The molecule has 0 fully saturated rings. The Hall–Kier alpha value is -3.85. The van der Waals surface area contributed by atoms with Gasteiger partial charge in [-0.1, -0.05) is 30.3 Å². The predicted octanol–water partition coefficient (Wildman–Crippen LogP) is 2.49. The molecule has 0 radical (unpaired) electrons. The highest BCUT2D eigenvalue weighted by Gasteiger charge is 2.35. The number of carbonyl (C=O) groups is 1. The van der Waals surface area contributed by atoms with E-state index in [1.807, 2.05) is 4.72 Å². The lowest BCUT2D eigenvalue weighted by molar-refractivity contribution is -0.144. The molecule has 9 nitrogen and oxygen atoms in total. The molecule has 0 aliphatic heterocycles. The Balaban J connectivity index is 1.68. The molecule has 0 saturated carbocycles. The Kier molecular flexibility index (Phi) is 6.77. The van der Waals surface area contributed by atoms with Gasteiger partial charge in [-0.15, -0.1) is 0 Å². The topological polar surface area (TPSA) is 120 Å². The number of aromatic nitrogens is 3. The number of halogens is 4. The van der Waals surface area contributed by atoms with Crippen molar-refractivity contribution < 1.29 is 30.8 Å². The fourth-order valence-corrected chi connectivity index (χ4v) is 5.53. The Morgan fingerprint density at radius 3 is 2.43 bits per heavy atom. The van der Waals surface area contributed by atoms with E-state index in [0.717, 1.165) is 30.7 Å². The summed E-state index contributed by atoms with van der Waals surface area (Å²) in [5.41, 5.74) is -4.54. The minimum atomic E-state index is -4.99. The molecule has 4 rings (SSSR count). The number of rotatable bonds is 6. The summed E-state index contributed by atoms with van der Waals surface area (Å²) >= 11 is 0.773. The monoisotopic (exact) mass is 556 g/mol. The maximum absolute atomic E-state index is 14.8. The van der Waals surface area contributed by atoms with Crippen molar-refractivity contribution in [2.75, 3.05) is 0 Å². The van der Waals surface area contributed by atoms with Crippen LogP contribution in [-0.2, 0) is 40.2 Å². The molecule has 0 saturated heterocycles. The third kappa shape index (κ3) is 5.46. The molecule has 0 aliphatic carbocycles. The highest BCUT2D eigenvalue weighted by atomic mass is 32.2. The van der Waals surface area contributed by atoms with Crippen molar-refractivity contribution >= 4 is 37.5 Å². The van der Waals surface area contributed by atoms with Crippen LogP contribution in [0, 0.1) is 5.82 Å². The zero-order valence-corrected chi connectivity index (χ0v) is 20.4. The third-order valence-electron chi connectivity index (χ3n) is 5.26. The van der Waals surface area contributed by atoms with Crippen molar-refractivity contribution in [3.8, 4) is 5.69 Å². The van der Waals surface area contributed by atoms with Crippen LogP contribution in [0.2, 0.25) is 0 Å². The molecule has 0 bridgehead atoms. The van der Waals surface area contributed by atoms with Crippen molar-refractivity contribution in [1.29, 1.82) is 0 Å². The first-order chi connectivity index (χ1) is 17.3. The first-order valence-electron chi connectivity index (χ1n) is 10.3. The molecule has 15 heteroatoms. The highest BCUT2D eigenvalue weighted by molar-refractivity contribution is 7.89. The fraction of sp³-hybridized carbons (Fsp3) is 0.182. The second-order valence-corrected chi connectivity index (χ2v) is 10.4. The summed E-state index contributed by atoms with van der Waals surface area (Å²) in [5.74, 6) is -2.47. The molecule has 2 aromatic carbocycles. The zero-order valence-electron chi connectivity index (χ0n) is 18.7. The quantitative estimate of drug-likeness (QED) is 0.365. The number of sulfonamides is 1. The average Bonchev–Trinajstić information content (AvgIpc) is 3.16. The summed E-state index contributed by atoms with van der Waals surface area (Å²) < 4.78 is 85.5. The van der Waals surface area contributed by atoms with E-state index in [4.69, 9.17) is 0 Å². The van der Waals surface area contributed by atoms with E-state index in [-0.39, 0.29) is 31.0 Å². The van der Waals surface area contributed by atoms with Crippen molar-refractivity contribution in [1.82, 2.24) is 18.2 Å². The van der Waals surface area contributed by atoms with Gasteiger partial charge in [0, 0.05) is 18.5 Å². The lowest BCUT2D eigenvalue weighted by Crippen LogP contribution is -2.41. The van der Waals surface area contributed by atoms with Gasteiger partial charge in [-0.25, -0.2) is 22.2 Å². The van der Waals surface area contributed by atoms with Gasteiger partial charge in [-0.2, -0.15) is 17.5 Å². The van der Waals surface area contributed by atoms with E-state index in [1.165, 1.54) is 0 Å². The van der Waals surface area contributed by atoms with E-state index < -0.39 is 62.7 Å². The summed E-state index contributed by atoms with van der Waals surface area (Å²) in [6, 6.07) is 10.2. The van der Waals surface area contributed by atoms with Crippen LogP contribution in [0.5, 0.6) is 0 Å². The van der Waals surface area contributed by atoms with Crippen LogP contribution in [0.25, 0.3) is 15.8 Å². The predicted molar refractivity (Wildman–Crippen MR) is 126 cm³/mol. The smallest absolute Gasteiger partial charge is 0.292 e. The van der Waals surface area contributed by atoms with Gasteiger partial charge < -0.3 is 0 Å². The van der Waals surface area contributed by atoms with Crippen LogP contribution in [-0.4, -0.2) is 27.8 Å². The van der Waals surface area contributed by atoms with Crippen molar-refractivity contribution in [3.63, 3.8) is 0 Å². The Bertz CT molecular complexity index is 1740. The molecular formula is C22H16F4N4O5S2. The van der Waals surface area contributed by atoms with Crippen LogP contribution < -0.4 is 16.0 Å². The molecule has 1 N–H and O–H groups in total. The maximum atomic E-state index is 14.8. The largest absolute Gasteiger partial charge is 0.431 e. The molecule has 0 spiro atoms. The molecule has 0 atom stereocenters. The molecule has 1 amide bonds. The SMILES string of the molecule is Cn1c(C(F)(F)F)cc(=O)n(-c2cc3c(CC(=O)NS(=O)(=O)Cc4ccccc4)nsc3cc2F)c1=O. The maximum Gasteiger partial charge on any atom is 0.431 e. The average molecular weight is 557 g/mol. The molecular weight excluding hydrogens is 540 g/mol. The number of hydrogen-bond donors (Lipinski definition) is 1. The minimum Gasteiger partial charge on any atom is -0.292 e. The van der Waals surface area contributed by atoms with Gasteiger partial charge >= 0.3 is 11.9 Å². The van der Waals surface area contributed by atoms with Gasteiger partial charge in [0.05, 0.1) is 28.3 Å². The van der Waals surface area contributed by atoms with E-state index in [9.17, 15) is 40.4 Å². The summed E-state index contributed by atoms with van der Waals surface area (Å²) in [4.78, 5) is 37.4. The highest BCUT2D eigenvalue weighted by Crippen LogP contribution is 2.29. The van der Waals surface area contributed by atoms with Gasteiger partial charge in [0.1, 0.15) is 11.5 Å². The van der Waals surface area contributed by atoms with E-state index in [0.29, 0.717) is 5.56 Å². The first kappa shape index (κ1) is 26.2. The molecule has 37 heavy (non-hydrogen) atoms. The van der Waals surface area contributed by atoms with Crippen molar-refractivity contribution in [3.05, 3.63) is 92.1 Å². The second-order valence-electron chi connectivity index (χ2n) is 7.92. The Labute approximate surface area is 209 Å². The zero-order chi connectivity index (χ0) is 27.1. The lowest BCUT2D eigenvalue weighted by atomic mass is 10.1. The molecule has 0 unspecified atom stereocenters. The van der Waals surface area contributed by atoms with Gasteiger partial charge in [0.15, 0.2) is 0 Å². The number of alkyl halides is 3. The number of benzene rings is 2. The number of hydrogen-bond acceptors (Lipinski definition) is 7. The van der Waals surface area contributed by atoms with Crippen molar-refractivity contribution in [2.24, 2.45) is 7.05 Å². The molecule has 2 heterocycles. The Morgan fingerprint density at radius 1 is 1.11 bits per heavy atom. The number of nitrogens with one attached hydrogen (secondary N) is 1. The summed E-state index contributed by atoms with van der Waals surface area (Å²) in [7, 11) is -3.26. The number of amides is 1.